The number of hydrogen-bond acceptors (Lipinski definition) is 2. The average molecular weight is 883 g/mol. The van der Waals surface area contributed by atoms with Crippen molar-refractivity contribution in [3.63, 3.8) is 0 Å². The van der Waals surface area contributed by atoms with Crippen LogP contribution in [-0.2, 0) is 0 Å². The maximum atomic E-state index is 2.43. The van der Waals surface area contributed by atoms with Crippen LogP contribution in [0.3, 0.4) is 0 Å². The van der Waals surface area contributed by atoms with E-state index in [1.807, 2.05) is 0 Å². The zero-order valence-electron chi connectivity index (χ0n) is 39.8. The molecule has 0 bridgehead atoms. The lowest BCUT2D eigenvalue weighted by molar-refractivity contribution is 0.602. The Morgan fingerprint density at radius 3 is 0.882 bits per heavy atom. The van der Waals surface area contributed by atoms with E-state index in [1.165, 1.54) is 108 Å². The van der Waals surface area contributed by atoms with Crippen LogP contribution < -0.4 is 9.80 Å². The van der Waals surface area contributed by atoms with Crippen molar-refractivity contribution in [2.45, 2.75) is 78.1 Å². The number of allylic oxidation sites excluding steroid dienone is 2. The Hall–Kier alpha value is -7.42. The van der Waals surface area contributed by atoms with E-state index in [9.17, 15) is 0 Å². The third kappa shape index (κ3) is 10.7. The first-order valence-electron chi connectivity index (χ1n) is 24.9. The summed E-state index contributed by atoms with van der Waals surface area (Å²) in [7, 11) is 0. The van der Waals surface area contributed by atoms with E-state index in [-0.39, 0.29) is 0 Å². The summed E-state index contributed by atoms with van der Waals surface area (Å²) in [5, 5.41) is 2.37. The van der Waals surface area contributed by atoms with Gasteiger partial charge >= 0.3 is 0 Å². The molecule has 0 radical (unpaired) electrons. The van der Waals surface area contributed by atoms with Gasteiger partial charge in [-0.1, -0.05) is 193 Å². The van der Waals surface area contributed by atoms with Gasteiger partial charge in [-0.05, 0) is 159 Å². The molecule has 0 spiro atoms. The highest BCUT2D eigenvalue weighted by atomic mass is 15.2. The second-order valence-electron chi connectivity index (χ2n) is 18.9. The fourth-order valence-corrected chi connectivity index (χ4v) is 9.93. The molecule has 2 heteroatoms. The molecule has 0 heterocycles. The van der Waals surface area contributed by atoms with E-state index in [1.54, 1.807) is 11.1 Å². The molecule has 0 atom stereocenters. The van der Waals surface area contributed by atoms with E-state index < -0.39 is 0 Å². The topological polar surface area (TPSA) is 6.48 Å². The molecule has 2 aliphatic carbocycles. The largest absolute Gasteiger partial charge is 0.310 e. The van der Waals surface area contributed by atoms with Gasteiger partial charge < -0.3 is 9.80 Å². The lowest BCUT2D eigenvalue weighted by Crippen LogP contribution is -2.13. The zero-order chi connectivity index (χ0) is 46.1. The Kier molecular flexibility index (Phi) is 13.7. The van der Waals surface area contributed by atoms with Crippen LogP contribution in [0.15, 0.2) is 193 Å². The minimum atomic E-state index is 1.11. The van der Waals surface area contributed by atoms with Crippen LogP contribution in [0.1, 0.15) is 109 Å². The molecule has 0 N–H and O–H groups in total. The SMILES string of the molecule is Cc1ccc(/C=C/c2ccc(N(c3ccc(C=C4CCCCC4)cc3)c3ccc(N(c4ccc(C=C5CCCCC5)cc4)c4ccc(/C=C/c5ccc(C)cc5)cc4)c4ccccc34)cc2)cc1. The van der Waals surface area contributed by atoms with Gasteiger partial charge in [0, 0.05) is 33.5 Å². The van der Waals surface area contributed by atoms with E-state index in [0.717, 1.165) is 45.3 Å². The van der Waals surface area contributed by atoms with Gasteiger partial charge in [0.2, 0.25) is 0 Å². The number of nitrogens with zero attached hydrogens (tertiary/aromatic N) is 2. The zero-order valence-corrected chi connectivity index (χ0v) is 39.8. The summed E-state index contributed by atoms with van der Waals surface area (Å²) in [6.07, 6.45) is 26.4. The molecule has 0 aromatic heterocycles. The number of anilines is 6. The first kappa shape index (κ1) is 44.4. The van der Waals surface area contributed by atoms with Gasteiger partial charge in [0.05, 0.1) is 11.4 Å². The Balaban J connectivity index is 1.05. The Morgan fingerprint density at radius 2 is 0.574 bits per heavy atom. The van der Waals surface area contributed by atoms with Gasteiger partial charge in [0.15, 0.2) is 0 Å². The summed E-state index contributed by atoms with van der Waals surface area (Å²) in [6.45, 7) is 4.26. The summed E-state index contributed by atoms with van der Waals surface area (Å²) >= 11 is 0. The molecule has 8 aromatic carbocycles. The van der Waals surface area contributed by atoms with Gasteiger partial charge in [-0.2, -0.15) is 0 Å². The molecule has 0 aliphatic heterocycles. The van der Waals surface area contributed by atoms with E-state index in [0.29, 0.717) is 0 Å². The van der Waals surface area contributed by atoms with Gasteiger partial charge in [0.25, 0.3) is 0 Å². The van der Waals surface area contributed by atoms with Crippen molar-refractivity contribution in [1.29, 1.82) is 0 Å². The predicted octanol–water partition coefficient (Wildman–Crippen LogP) is 19.4. The lowest BCUT2D eigenvalue weighted by Gasteiger charge is -2.31. The van der Waals surface area contributed by atoms with Gasteiger partial charge in [0.1, 0.15) is 0 Å². The molecule has 2 saturated carbocycles. The molecule has 2 aliphatic rings. The van der Waals surface area contributed by atoms with Crippen molar-refractivity contribution < 1.29 is 0 Å². The minimum Gasteiger partial charge on any atom is -0.310 e. The number of benzene rings is 8. The van der Waals surface area contributed by atoms with Gasteiger partial charge in [-0.3, -0.25) is 0 Å². The molecule has 10 rings (SSSR count). The van der Waals surface area contributed by atoms with E-state index >= 15 is 0 Å². The lowest BCUT2D eigenvalue weighted by atomic mass is 9.93. The quantitative estimate of drug-likeness (QED) is 0.113. The maximum absolute atomic E-state index is 2.43. The van der Waals surface area contributed by atoms with Gasteiger partial charge in [-0.15, -0.1) is 0 Å². The predicted molar refractivity (Wildman–Crippen MR) is 296 cm³/mol. The number of hydrogen-bond donors (Lipinski definition) is 0. The molecule has 2 nitrogen and oxygen atoms in total. The number of rotatable bonds is 12. The van der Waals surface area contributed by atoms with Crippen LogP contribution in [0.4, 0.5) is 34.1 Å². The van der Waals surface area contributed by atoms with Crippen molar-refractivity contribution >= 4 is 81.4 Å². The summed E-state index contributed by atoms with van der Waals surface area (Å²) in [5.41, 5.74) is 19.7. The van der Waals surface area contributed by atoms with Crippen LogP contribution in [0, 0.1) is 13.8 Å². The first-order valence-corrected chi connectivity index (χ1v) is 24.9. The molecule has 0 unspecified atom stereocenters. The molecule has 336 valence electrons. The van der Waals surface area contributed by atoms with E-state index in [4.69, 9.17) is 0 Å². The summed E-state index contributed by atoms with van der Waals surface area (Å²) in [5.74, 6) is 0. The van der Waals surface area contributed by atoms with Crippen molar-refractivity contribution in [2.75, 3.05) is 9.80 Å². The molecular formula is C66H62N2. The fourth-order valence-electron chi connectivity index (χ4n) is 9.93. The second kappa shape index (κ2) is 21.0. The highest BCUT2D eigenvalue weighted by Crippen LogP contribution is 2.45. The highest BCUT2D eigenvalue weighted by molar-refractivity contribution is 6.07. The monoisotopic (exact) mass is 882 g/mol. The van der Waals surface area contributed by atoms with Gasteiger partial charge in [-0.25, -0.2) is 0 Å². The van der Waals surface area contributed by atoms with Crippen LogP contribution in [0.25, 0.3) is 47.2 Å². The molecule has 68 heavy (non-hydrogen) atoms. The third-order valence-electron chi connectivity index (χ3n) is 13.8. The van der Waals surface area contributed by atoms with Crippen molar-refractivity contribution in [3.8, 4) is 0 Å². The summed E-state index contributed by atoms with van der Waals surface area (Å²) in [6, 6.07) is 67.4. The van der Waals surface area contributed by atoms with Crippen molar-refractivity contribution in [2.24, 2.45) is 0 Å². The normalized spacial score (nSPS) is 14.1. The summed E-state index contributed by atoms with van der Waals surface area (Å²) < 4.78 is 0. The Bertz CT molecular complexity index is 2840. The Morgan fingerprint density at radius 1 is 0.294 bits per heavy atom. The van der Waals surface area contributed by atoms with Crippen LogP contribution in [0.5, 0.6) is 0 Å². The second-order valence-corrected chi connectivity index (χ2v) is 18.9. The molecule has 0 saturated heterocycles. The van der Waals surface area contributed by atoms with Crippen LogP contribution in [-0.4, -0.2) is 0 Å². The Labute approximate surface area is 405 Å². The van der Waals surface area contributed by atoms with Crippen LogP contribution in [0.2, 0.25) is 0 Å². The fraction of sp³-hybridized carbons (Fsp3) is 0.182. The molecule has 2 fully saturated rings. The van der Waals surface area contributed by atoms with Crippen molar-refractivity contribution in [1.82, 2.24) is 0 Å². The molecule has 8 aromatic rings. The van der Waals surface area contributed by atoms with Crippen LogP contribution >= 0.6 is 0 Å². The molecule has 0 amide bonds. The maximum Gasteiger partial charge on any atom is 0.0541 e. The standard InChI is InChI=1S/C66H62N2/c1-49-17-21-51(22-18-49)25-27-53-29-37-59(38-30-53)67(61-41-33-57(34-42-61)47-55-11-5-3-6-12-55)65-45-46-66(64-16-10-9-15-63(64)65)68(62-43-35-58(36-44-62)48-56-13-7-4-8-14-56)60-39-31-54(32-40-60)28-26-52-23-19-50(2)20-24-52/h9-10,15-48H,3-8,11-14H2,1-2H3/b27-25+,28-26+. The number of aryl methyl sites for hydroxylation is 2. The third-order valence-corrected chi connectivity index (χ3v) is 13.8. The van der Waals surface area contributed by atoms with E-state index in [2.05, 4.69) is 242 Å². The summed E-state index contributed by atoms with van der Waals surface area (Å²) in [4.78, 5) is 4.87. The molecular weight excluding hydrogens is 821 g/mol. The highest BCUT2D eigenvalue weighted by Gasteiger charge is 2.21. The minimum absolute atomic E-state index is 1.11. The first-order chi connectivity index (χ1) is 33.5. The average Bonchev–Trinajstić information content (AvgIpc) is 3.39. The van der Waals surface area contributed by atoms with Crippen molar-refractivity contribution in [3.05, 3.63) is 238 Å². The smallest absolute Gasteiger partial charge is 0.0541 e. The number of fused-ring (bicyclic) bond motifs is 1.